The molecule has 0 spiro atoms. The molecule has 1 aromatic heterocycles. The highest BCUT2D eigenvalue weighted by Crippen LogP contribution is 2.30. The van der Waals surface area contributed by atoms with Gasteiger partial charge in [-0.25, -0.2) is 0 Å². The quantitative estimate of drug-likeness (QED) is 0.849. The van der Waals surface area contributed by atoms with Gasteiger partial charge in [0.25, 0.3) is 0 Å². The largest absolute Gasteiger partial charge is 0.496 e. The average molecular weight is 250 g/mol. The van der Waals surface area contributed by atoms with E-state index in [9.17, 15) is 5.11 Å². The van der Waals surface area contributed by atoms with E-state index in [0.717, 1.165) is 5.56 Å². The minimum Gasteiger partial charge on any atom is -0.496 e. The number of ether oxygens (including phenoxy) is 2. The van der Waals surface area contributed by atoms with Gasteiger partial charge >= 0.3 is 0 Å². The third-order valence-electron chi connectivity index (χ3n) is 2.60. The summed E-state index contributed by atoms with van der Waals surface area (Å²) >= 11 is 0. The summed E-state index contributed by atoms with van der Waals surface area (Å²) in [6.45, 7) is 1.66. The minimum atomic E-state index is -0.258. The number of aliphatic hydroxyl groups is 1. The molecule has 7 nitrogen and oxygen atoms in total. The standard InChI is InChI=1S/C11H14N4O3/c1-7-4-10(18-3)8(5-9(7)17-2)15-11(6-16)12-13-14-15/h4-5,16H,6H2,1-3H3. The summed E-state index contributed by atoms with van der Waals surface area (Å²) in [6, 6.07) is 3.60. The molecule has 0 saturated carbocycles. The van der Waals surface area contributed by atoms with Crippen molar-refractivity contribution in [1.29, 1.82) is 0 Å². The molecular formula is C11H14N4O3. The maximum atomic E-state index is 9.18. The summed E-state index contributed by atoms with van der Waals surface area (Å²) in [7, 11) is 3.15. The molecule has 0 aliphatic carbocycles. The van der Waals surface area contributed by atoms with Crippen molar-refractivity contribution < 1.29 is 14.6 Å². The Balaban J connectivity index is 2.62. The first-order valence-electron chi connectivity index (χ1n) is 5.32. The normalized spacial score (nSPS) is 10.4. The Bertz CT molecular complexity index is 553. The molecule has 96 valence electrons. The zero-order chi connectivity index (χ0) is 13.1. The molecule has 0 aliphatic heterocycles. The van der Waals surface area contributed by atoms with Crippen molar-refractivity contribution in [3.05, 3.63) is 23.5 Å². The Morgan fingerprint density at radius 1 is 1.22 bits per heavy atom. The number of hydrogen-bond donors (Lipinski definition) is 1. The average Bonchev–Trinajstić information content (AvgIpc) is 2.86. The van der Waals surface area contributed by atoms with E-state index in [1.165, 1.54) is 4.68 Å². The number of nitrogens with zero attached hydrogens (tertiary/aromatic N) is 4. The predicted octanol–water partition coefficient (Wildman–Crippen LogP) is 0.480. The summed E-state index contributed by atoms with van der Waals surface area (Å²) in [6.07, 6.45) is 0. The summed E-state index contributed by atoms with van der Waals surface area (Å²) in [5.41, 5.74) is 1.56. The molecule has 0 amide bonds. The zero-order valence-corrected chi connectivity index (χ0v) is 10.4. The second-order valence-corrected chi connectivity index (χ2v) is 3.66. The van der Waals surface area contributed by atoms with Crippen molar-refractivity contribution in [3.8, 4) is 17.2 Å². The Morgan fingerprint density at radius 2 is 1.94 bits per heavy atom. The minimum absolute atomic E-state index is 0.258. The Kier molecular flexibility index (Phi) is 3.42. The lowest BCUT2D eigenvalue weighted by molar-refractivity contribution is 0.267. The number of aromatic nitrogens is 4. The number of aliphatic hydroxyl groups excluding tert-OH is 1. The van der Waals surface area contributed by atoms with Gasteiger partial charge in [-0.2, -0.15) is 4.68 Å². The van der Waals surface area contributed by atoms with Crippen LogP contribution in [0.5, 0.6) is 11.5 Å². The van der Waals surface area contributed by atoms with Gasteiger partial charge in [-0.05, 0) is 29.0 Å². The molecule has 18 heavy (non-hydrogen) atoms. The molecule has 0 aliphatic rings. The van der Waals surface area contributed by atoms with Crippen LogP contribution in [0.2, 0.25) is 0 Å². The number of rotatable bonds is 4. The third-order valence-corrected chi connectivity index (χ3v) is 2.60. The number of tetrazole rings is 1. The smallest absolute Gasteiger partial charge is 0.182 e. The van der Waals surface area contributed by atoms with Crippen LogP contribution in [0.1, 0.15) is 11.4 Å². The molecular weight excluding hydrogens is 236 g/mol. The molecule has 7 heteroatoms. The molecule has 2 aromatic rings. The SMILES string of the molecule is COc1cc(-n2nnnc2CO)c(OC)cc1C. The van der Waals surface area contributed by atoms with E-state index in [1.54, 1.807) is 20.3 Å². The van der Waals surface area contributed by atoms with Gasteiger partial charge < -0.3 is 14.6 Å². The van der Waals surface area contributed by atoms with Crippen LogP contribution < -0.4 is 9.47 Å². The fourth-order valence-electron chi connectivity index (χ4n) is 1.69. The monoisotopic (exact) mass is 250 g/mol. The maximum absolute atomic E-state index is 9.18. The van der Waals surface area contributed by atoms with E-state index in [2.05, 4.69) is 15.5 Å². The van der Waals surface area contributed by atoms with Crippen LogP contribution in [0, 0.1) is 6.92 Å². The van der Waals surface area contributed by atoms with E-state index < -0.39 is 0 Å². The van der Waals surface area contributed by atoms with Gasteiger partial charge in [0.1, 0.15) is 23.8 Å². The van der Waals surface area contributed by atoms with Crippen molar-refractivity contribution in [1.82, 2.24) is 20.2 Å². The Morgan fingerprint density at radius 3 is 2.56 bits per heavy atom. The van der Waals surface area contributed by atoms with Crippen molar-refractivity contribution in [2.45, 2.75) is 13.5 Å². The summed E-state index contributed by atoms with van der Waals surface area (Å²) in [4.78, 5) is 0. The number of aryl methyl sites for hydroxylation is 1. The fraction of sp³-hybridized carbons (Fsp3) is 0.364. The number of methoxy groups -OCH3 is 2. The molecule has 0 radical (unpaired) electrons. The van der Waals surface area contributed by atoms with Crippen molar-refractivity contribution in [2.75, 3.05) is 14.2 Å². The lowest BCUT2D eigenvalue weighted by Crippen LogP contribution is -2.06. The van der Waals surface area contributed by atoms with E-state index >= 15 is 0 Å². The molecule has 1 heterocycles. The fourth-order valence-corrected chi connectivity index (χ4v) is 1.69. The van der Waals surface area contributed by atoms with Crippen LogP contribution in [-0.4, -0.2) is 39.5 Å². The number of benzene rings is 1. The van der Waals surface area contributed by atoms with Gasteiger partial charge in [0.2, 0.25) is 0 Å². The Labute approximate surface area is 104 Å². The molecule has 0 fully saturated rings. The summed E-state index contributed by atoms with van der Waals surface area (Å²) in [5, 5.41) is 20.3. The van der Waals surface area contributed by atoms with E-state index in [-0.39, 0.29) is 6.61 Å². The van der Waals surface area contributed by atoms with Crippen LogP contribution in [0.4, 0.5) is 0 Å². The van der Waals surface area contributed by atoms with Crippen molar-refractivity contribution in [2.24, 2.45) is 0 Å². The third kappa shape index (κ3) is 2.00. The lowest BCUT2D eigenvalue weighted by atomic mass is 10.2. The van der Waals surface area contributed by atoms with Gasteiger partial charge in [0, 0.05) is 6.07 Å². The van der Waals surface area contributed by atoms with Gasteiger partial charge in [-0.15, -0.1) is 5.10 Å². The highest BCUT2D eigenvalue weighted by atomic mass is 16.5. The van der Waals surface area contributed by atoms with E-state index in [1.807, 2.05) is 13.0 Å². The van der Waals surface area contributed by atoms with Crippen LogP contribution in [0.15, 0.2) is 12.1 Å². The first kappa shape index (κ1) is 12.3. The van der Waals surface area contributed by atoms with Crippen LogP contribution in [0.3, 0.4) is 0 Å². The summed E-state index contributed by atoms with van der Waals surface area (Å²) < 4.78 is 12.0. The molecule has 0 atom stereocenters. The topological polar surface area (TPSA) is 82.3 Å². The number of hydrogen-bond acceptors (Lipinski definition) is 6. The first-order chi connectivity index (χ1) is 8.71. The van der Waals surface area contributed by atoms with Gasteiger partial charge in [0.05, 0.1) is 14.2 Å². The van der Waals surface area contributed by atoms with Gasteiger partial charge in [-0.3, -0.25) is 0 Å². The predicted molar refractivity (Wildman–Crippen MR) is 62.9 cm³/mol. The highest BCUT2D eigenvalue weighted by molar-refractivity contribution is 5.54. The molecule has 0 saturated heterocycles. The van der Waals surface area contributed by atoms with Crippen molar-refractivity contribution in [3.63, 3.8) is 0 Å². The maximum Gasteiger partial charge on any atom is 0.182 e. The molecule has 2 rings (SSSR count). The highest BCUT2D eigenvalue weighted by Gasteiger charge is 2.15. The van der Waals surface area contributed by atoms with Crippen molar-refractivity contribution >= 4 is 0 Å². The second kappa shape index (κ2) is 5.01. The van der Waals surface area contributed by atoms with Crippen LogP contribution in [0.25, 0.3) is 5.69 Å². The summed E-state index contributed by atoms with van der Waals surface area (Å²) in [5.74, 6) is 1.64. The molecule has 1 aromatic carbocycles. The van der Waals surface area contributed by atoms with Crippen LogP contribution >= 0.6 is 0 Å². The van der Waals surface area contributed by atoms with E-state index in [4.69, 9.17) is 9.47 Å². The molecule has 0 bridgehead atoms. The molecule has 0 unspecified atom stereocenters. The van der Waals surface area contributed by atoms with Gasteiger partial charge in [0.15, 0.2) is 5.82 Å². The van der Waals surface area contributed by atoms with Gasteiger partial charge in [-0.1, -0.05) is 0 Å². The molecule has 1 N–H and O–H groups in total. The Hall–Kier alpha value is -2.15. The lowest BCUT2D eigenvalue weighted by Gasteiger charge is -2.13. The van der Waals surface area contributed by atoms with Crippen LogP contribution in [-0.2, 0) is 6.61 Å². The zero-order valence-electron chi connectivity index (χ0n) is 10.4. The second-order valence-electron chi connectivity index (χ2n) is 3.66. The first-order valence-corrected chi connectivity index (χ1v) is 5.32. The van der Waals surface area contributed by atoms with E-state index in [0.29, 0.717) is 23.0 Å².